The molecule has 0 unspecified atom stereocenters. The summed E-state index contributed by atoms with van der Waals surface area (Å²) in [5, 5.41) is 4.84. The van der Waals surface area contributed by atoms with E-state index in [1.807, 2.05) is 32.9 Å². The van der Waals surface area contributed by atoms with Gasteiger partial charge in [-0.3, -0.25) is 4.79 Å². The molecule has 1 aliphatic rings. The number of carbonyl (C=O) groups excluding carboxylic acids is 2. The molecule has 10 nitrogen and oxygen atoms in total. The zero-order valence-electron chi connectivity index (χ0n) is 25.3. The quantitative estimate of drug-likeness (QED) is 0.159. The van der Waals surface area contributed by atoms with Crippen LogP contribution in [0.4, 0.5) is 13.6 Å². The Bertz CT molecular complexity index is 1850. The molecule has 0 N–H and O–H groups in total. The summed E-state index contributed by atoms with van der Waals surface area (Å²) in [4.78, 5) is 39.9. The third-order valence-corrected chi connectivity index (χ3v) is 7.66. The van der Waals surface area contributed by atoms with Gasteiger partial charge in [-0.2, -0.15) is 9.49 Å². The fraction of sp³-hybridized carbons (Fsp3) is 0.333. The lowest BCUT2D eigenvalue weighted by Gasteiger charge is -2.33. The second-order valence-corrected chi connectivity index (χ2v) is 12.4. The number of rotatable bonds is 7. The summed E-state index contributed by atoms with van der Waals surface area (Å²) >= 11 is 0. The number of fused-ring (bicyclic) bond motifs is 1. The van der Waals surface area contributed by atoms with Gasteiger partial charge in [-0.1, -0.05) is 20.8 Å². The molecule has 1 fully saturated rings. The molecule has 1 aliphatic heterocycles. The van der Waals surface area contributed by atoms with Crippen LogP contribution < -0.4 is 0 Å². The number of hydrogen-bond donors (Lipinski definition) is 0. The number of hydrogen-bond acceptors (Lipinski definition) is 7. The Hall–Kier alpha value is -5.00. The predicted octanol–water partition coefficient (Wildman–Crippen LogP) is 6.18. The first kappa shape index (κ1) is 30.0. The van der Waals surface area contributed by atoms with E-state index in [9.17, 15) is 18.4 Å². The molecule has 0 spiro atoms. The average Bonchev–Trinajstić information content (AvgIpc) is 3.64. The molecule has 0 radical (unpaired) electrons. The van der Waals surface area contributed by atoms with E-state index in [0.717, 1.165) is 17.3 Å². The van der Waals surface area contributed by atoms with E-state index in [1.165, 1.54) is 24.4 Å². The smallest absolute Gasteiger partial charge is 0.409 e. The summed E-state index contributed by atoms with van der Waals surface area (Å²) in [5.74, 6) is -1.35. The van der Waals surface area contributed by atoms with Gasteiger partial charge in [0.05, 0.1) is 42.6 Å². The Balaban J connectivity index is 1.28. The molecule has 1 amide bonds. The molecule has 12 heteroatoms. The summed E-state index contributed by atoms with van der Waals surface area (Å²) in [6, 6.07) is 12.4. The van der Waals surface area contributed by atoms with Gasteiger partial charge in [-0.15, -0.1) is 0 Å². The van der Waals surface area contributed by atoms with Gasteiger partial charge in [0, 0.05) is 42.5 Å². The lowest BCUT2D eigenvalue weighted by Crippen LogP contribution is -2.40. The number of ether oxygens (including phenoxy) is 1. The van der Waals surface area contributed by atoms with Gasteiger partial charge < -0.3 is 14.2 Å². The number of imidazole rings is 2. The second-order valence-electron chi connectivity index (χ2n) is 12.4. The highest BCUT2D eigenvalue weighted by Crippen LogP contribution is 2.35. The normalized spacial score (nSPS) is 14.2. The Labute approximate surface area is 258 Å². The molecule has 1 aromatic carbocycles. The maximum absolute atomic E-state index is 13.8. The van der Waals surface area contributed by atoms with Crippen molar-refractivity contribution in [3.63, 3.8) is 0 Å². The Kier molecular flexibility index (Phi) is 8.13. The van der Waals surface area contributed by atoms with Crippen molar-refractivity contribution in [3.8, 4) is 22.6 Å². The number of likely N-dealkylation sites (tertiary alicyclic amines) is 1. The summed E-state index contributed by atoms with van der Waals surface area (Å²) in [5.41, 5.74) is 3.86. The summed E-state index contributed by atoms with van der Waals surface area (Å²) < 4.78 is 36.5. The Morgan fingerprint density at radius 1 is 1.00 bits per heavy atom. The van der Waals surface area contributed by atoms with E-state index >= 15 is 0 Å². The number of aromatic nitrogens is 6. The van der Waals surface area contributed by atoms with Crippen LogP contribution in [-0.4, -0.2) is 65.6 Å². The number of carbonyl (C=O) groups is 2. The summed E-state index contributed by atoms with van der Waals surface area (Å²) in [6.07, 6.45) is 5.73. The molecule has 5 heterocycles. The lowest BCUT2D eigenvalue weighted by molar-refractivity contribution is 0.0627. The lowest BCUT2D eigenvalue weighted by atomic mass is 9.99. The monoisotopic (exact) mass is 613 g/mol. The van der Waals surface area contributed by atoms with Crippen LogP contribution in [0.25, 0.3) is 28.3 Å². The largest absolute Gasteiger partial charge is 0.449 e. The third kappa shape index (κ3) is 6.74. The van der Waals surface area contributed by atoms with Crippen molar-refractivity contribution in [1.29, 1.82) is 0 Å². The van der Waals surface area contributed by atoms with Crippen molar-refractivity contribution in [3.05, 3.63) is 90.3 Å². The van der Waals surface area contributed by atoms with Gasteiger partial charge in [-0.05, 0) is 60.7 Å². The topological polar surface area (TPSA) is 108 Å². The number of nitrogens with zero attached hydrogens (tertiary/aromatic N) is 7. The molecule has 0 atom stereocenters. The Morgan fingerprint density at radius 3 is 2.47 bits per heavy atom. The van der Waals surface area contributed by atoms with Crippen molar-refractivity contribution in [1.82, 2.24) is 34.0 Å². The molecule has 6 rings (SSSR count). The fourth-order valence-corrected chi connectivity index (χ4v) is 5.39. The van der Waals surface area contributed by atoms with E-state index in [-0.39, 0.29) is 41.1 Å². The van der Waals surface area contributed by atoms with Crippen LogP contribution in [0, 0.1) is 17.2 Å². The van der Waals surface area contributed by atoms with Crippen LogP contribution in [0.2, 0.25) is 0 Å². The van der Waals surface area contributed by atoms with Crippen molar-refractivity contribution in [2.24, 2.45) is 5.41 Å². The van der Waals surface area contributed by atoms with E-state index in [4.69, 9.17) is 14.8 Å². The molecule has 0 saturated carbocycles. The van der Waals surface area contributed by atoms with E-state index < -0.39 is 5.95 Å². The van der Waals surface area contributed by atoms with Gasteiger partial charge >= 0.3 is 6.09 Å². The maximum atomic E-state index is 13.8. The molecule has 45 heavy (non-hydrogen) atoms. The molecule has 232 valence electrons. The van der Waals surface area contributed by atoms with E-state index in [2.05, 4.69) is 14.5 Å². The number of Topliss-reactive ketones (excluding diaryl/α,β-unsaturated/α-hetero) is 1. The molecule has 5 aromatic rings. The van der Waals surface area contributed by atoms with Gasteiger partial charge in [0.15, 0.2) is 11.4 Å². The first-order valence-corrected chi connectivity index (χ1v) is 14.8. The minimum atomic E-state index is -0.720. The standard InChI is InChI=1S/C33H33F2N7O3/c1-33(2,3)19-45-32(44)40-14-11-25(12-15-40)41-20-37-30(21-4-6-23(34)7-5-21)31(41)26-8-9-29-38-24(18-42(29)39-26)17-27(43)22-10-13-36-28(35)16-22/h4-10,13,16,18,20,25H,11-12,14-15,17,19H2,1-3H3. The van der Waals surface area contributed by atoms with Gasteiger partial charge in [-0.25, -0.2) is 28.7 Å². The Morgan fingerprint density at radius 2 is 1.76 bits per heavy atom. The van der Waals surface area contributed by atoms with Crippen LogP contribution in [0.3, 0.4) is 0 Å². The fourth-order valence-electron chi connectivity index (χ4n) is 5.39. The van der Waals surface area contributed by atoms with Crippen molar-refractivity contribution < 1.29 is 23.1 Å². The molecular weight excluding hydrogens is 580 g/mol. The van der Waals surface area contributed by atoms with Crippen LogP contribution in [-0.2, 0) is 11.2 Å². The first-order chi connectivity index (χ1) is 21.5. The van der Waals surface area contributed by atoms with Crippen molar-refractivity contribution in [2.45, 2.75) is 46.1 Å². The average molecular weight is 614 g/mol. The number of amides is 1. The van der Waals surface area contributed by atoms with Crippen LogP contribution in [0.5, 0.6) is 0 Å². The minimum absolute atomic E-state index is 0.0301. The van der Waals surface area contributed by atoms with E-state index in [0.29, 0.717) is 55.3 Å². The number of pyridine rings is 1. The molecular formula is C33H33F2N7O3. The highest BCUT2D eigenvalue weighted by Gasteiger charge is 2.29. The van der Waals surface area contributed by atoms with Gasteiger partial charge in [0.2, 0.25) is 5.95 Å². The van der Waals surface area contributed by atoms with Crippen molar-refractivity contribution >= 4 is 17.5 Å². The number of piperidine rings is 1. The second kappa shape index (κ2) is 12.2. The zero-order valence-corrected chi connectivity index (χ0v) is 25.3. The number of benzene rings is 1. The highest BCUT2D eigenvalue weighted by atomic mass is 19.1. The molecule has 0 aliphatic carbocycles. The molecule has 0 bridgehead atoms. The SMILES string of the molecule is CC(C)(C)COC(=O)N1CCC(n2cnc(-c3ccc(F)cc3)c2-c2ccc3nc(CC(=O)c4ccnc(F)c4)cn3n2)CC1. The van der Waals surface area contributed by atoms with Crippen LogP contribution in [0.1, 0.15) is 55.7 Å². The third-order valence-electron chi connectivity index (χ3n) is 7.66. The summed E-state index contributed by atoms with van der Waals surface area (Å²) in [6.45, 7) is 7.47. The highest BCUT2D eigenvalue weighted by molar-refractivity contribution is 5.97. The van der Waals surface area contributed by atoms with E-state index in [1.54, 1.807) is 34.1 Å². The van der Waals surface area contributed by atoms with Crippen LogP contribution in [0.15, 0.2) is 67.3 Å². The summed E-state index contributed by atoms with van der Waals surface area (Å²) in [7, 11) is 0. The molecule has 4 aromatic heterocycles. The minimum Gasteiger partial charge on any atom is -0.449 e. The van der Waals surface area contributed by atoms with Crippen molar-refractivity contribution in [2.75, 3.05) is 19.7 Å². The number of ketones is 1. The molecule has 1 saturated heterocycles. The maximum Gasteiger partial charge on any atom is 0.409 e. The predicted molar refractivity (Wildman–Crippen MR) is 162 cm³/mol. The first-order valence-electron chi connectivity index (χ1n) is 14.8. The number of halogens is 2. The van der Waals surface area contributed by atoms with Gasteiger partial charge in [0.1, 0.15) is 11.5 Å². The van der Waals surface area contributed by atoms with Gasteiger partial charge in [0.25, 0.3) is 0 Å². The zero-order chi connectivity index (χ0) is 31.7. The van der Waals surface area contributed by atoms with Crippen LogP contribution >= 0.6 is 0 Å².